The van der Waals surface area contributed by atoms with Crippen LogP contribution in [0.1, 0.15) is 11.7 Å². The summed E-state index contributed by atoms with van der Waals surface area (Å²) in [4.78, 5) is 2.05. The molecule has 0 spiro atoms. The molecular formula is C19H20BrCl3FNO3. The number of β-amino-alcohol motifs (C(OH)–C–C–N with tert-alkyl or cyclic N) is 1. The van der Waals surface area contributed by atoms with Crippen LogP contribution in [0.3, 0.4) is 0 Å². The summed E-state index contributed by atoms with van der Waals surface area (Å²) in [5.74, 6) is 0.151. The Bertz CT molecular complexity index is 799. The zero-order valence-corrected chi connectivity index (χ0v) is 18.7. The Labute approximate surface area is 188 Å². The lowest BCUT2D eigenvalue weighted by Crippen LogP contribution is -2.43. The van der Waals surface area contributed by atoms with E-state index in [0.717, 1.165) is 4.47 Å². The third kappa shape index (κ3) is 6.20. The maximum absolute atomic E-state index is 13.8. The van der Waals surface area contributed by atoms with E-state index in [-0.39, 0.29) is 30.1 Å². The molecule has 2 unspecified atom stereocenters. The highest BCUT2D eigenvalue weighted by Crippen LogP contribution is 2.32. The molecule has 0 aliphatic carbocycles. The van der Waals surface area contributed by atoms with Gasteiger partial charge in [0.15, 0.2) is 0 Å². The van der Waals surface area contributed by atoms with Crippen molar-refractivity contribution in [1.82, 2.24) is 4.90 Å². The molecule has 9 heteroatoms. The van der Waals surface area contributed by atoms with Gasteiger partial charge in [-0.25, -0.2) is 4.39 Å². The summed E-state index contributed by atoms with van der Waals surface area (Å²) in [6, 6.07) is 10.2. The van der Waals surface area contributed by atoms with E-state index >= 15 is 0 Å². The Morgan fingerprint density at radius 1 is 1.29 bits per heavy atom. The Morgan fingerprint density at radius 2 is 2.04 bits per heavy atom. The molecule has 2 atom stereocenters. The Morgan fingerprint density at radius 3 is 2.79 bits per heavy atom. The summed E-state index contributed by atoms with van der Waals surface area (Å²) >= 11 is 15.4. The van der Waals surface area contributed by atoms with E-state index in [9.17, 15) is 9.50 Å². The van der Waals surface area contributed by atoms with Gasteiger partial charge in [-0.15, -0.1) is 12.4 Å². The van der Waals surface area contributed by atoms with Gasteiger partial charge in [-0.05, 0) is 40.2 Å². The van der Waals surface area contributed by atoms with Crippen LogP contribution in [0.4, 0.5) is 4.39 Å². The summed E-state index contributed by atoms with van der Waals surface area (Å²) in [6.07, 6.45) is -1.05. The van der Waals surface area contributed by atoms with Crippen molar-refractivity contribution in [2.24, 2.45) is 0 Å². The highest BCUT2D eigenvalue weighted by molar-refractivity contribution is 9.10. The lowest BCUT2D eigenvalue weighted by molar-refractivity contribution is -0.0460. The van der Waals surface area contributed by atoms with Crippen molar-refractivity contribution in [3.05, 3.63) is 62.3 Å². The number of halogens is 5. The molecule has 1 aliphatic rings. The number of para-hydroxylation sites is 1. The Kier molecular flexibility index (Phi) is 9.28. The summed E-state index contributed by atoms with van der Waals surface area (Å²) < 4.78 is 26.0. The van der Waals surface area contributed by atoms with Crippen LogP contribution in [0.2, 0.25) is 10.0 Å². The number of hydrogen-bond acceptors (Lipinski definition) is 4. The number of aliphatic hydroxyl groups is 1. The van der Waals surface area contributed by atoms with Crippen LogP contribution in [0.25, 0.3) is 0 Å². The fourth-order valence-electron chi connectivity index (χ4n) is 2.94. The first kappa shape index (κ1) is 23.7. The molecule has 1 heterocycles. The predicted octanol–water partition coefficient (Wildman–Crippen LogP) is 5.13. The van der Waals surface area contributed by atoms with Crippen LogP contribution >= 0.6 is 51.5 Å². The first-order chi connectivity index (χ1) is 12.9. The van der Waals surface area contributed by atoms with E-state index in [1.54, 1.807) is 0 Å². The van der Waals surface area contributed by atoms with Gasteiger partial charge in [-0.3, -0.25) is 4.90 Å². The zero-order chi connectivity index (χ0) is 19.4. The molecule has 0 saturated carbocycles. The van der Waals surface area contributed by atoms with Gasteiger partial charge in [0.1, 0.15) is 24.3 Å². The van der Waals surface area contributed by atoms with Crippen molar-refractivity contribution in [3.63, 3.8) is 0 Å². The van der Waals surface area contributed by atoms with Crippen LogP contribution in [-0.2, 0) is 4.74 Å². The van der Waals surface area contributed by atoms with Crippen molar-refractivity contribution in [2.75, 3.05) is 32.8 Å². The second kappa shape index (κ2) is 11.0. The maximum atomic E-state index is 13.8. The molecule has 0 radical (unpaired) electrons. The van der Waals surface area contributed by atoms with Gasteiger partial charge < -0.3 is 14.6 Å². The zero-order valence-electron chi connectivity index (χ0n) is 14.8. The van der Waals surface area contributed by atoms with Gasteiger partial charge in [-0.1, -0.05) is 35.3 Å². The molecule has 2 aromatic rings. The van der Waals surface area contributed by atoms with Gasteiger partial charge in [0.05, 0.1) is 22.2 Å². The van der Waals surface area contributed by atoms with Crippen LogP contribution in [0.15, 0.2) is 40.9 Å². The molecule has 1 aliphatic heterocycles. The van der Waals surface area contributed by atoms with Crippen LogP contribution in [-0.4, -0.2) is 49.0 Å². The first-order valence-electron chi connectivity index (χ1n) is 8.48. The van der Waals surface area contributed by atoms with Crippen molar-refractivity contribution in [2.45, 2.75) is 12.2 Å². The SMILES string of the molecule is Cl.OC(COc1ccccc1Br)CN1CCOC(c2cc(F)c(Cl)cc2Cl)C1. The molecule has 0 amide bonds. The third-order valence-electron chi connectivity index (χ3n) is 4.27. The molecule has 1 N–H and O–H groups in total. The number of hydrogen-bond donors (Lipinski definition) is 1. The molecule has 4 nitrogen and oxygen atoms in total. The first-order valence-corrected chi connectivity index (χ1v) is 10.0. The molecular weight excluding hydrogens is 495 g/mol. The summed E-state index contributed by atoms with van der Waals surface area (Å²) in [5.41, 5.74) is 0.558. The van der Waals surface area contributed by atoms with Gasteiger partial charge in [-0.2, -0.15) is 0 Å². The Balaban J connectivity index is 0.00000280. The van der Waals surface area contributed by atoms with E-state index in [0.29, 0.717) is 42.6 Å². The summed E-state index contributed by atoms with van der Waals surface area (Å²) in [6.45, 7) is 2.20. The molecule has 154 valence electrons. The summed E-state index contributed by atoms with van der Waals surface area (Å²) in [5, 5.41) is 10.7. The fraction of sp³-hybridized carbons (Fsp3) is 0.368. The van der Waals surface area contributed by atoms with Gasteiger partial charge in [0.25, 0.3) is 0 Å². The average Bonchev–Trinajstić information content (AvgIpc) is 2.64. The number of morpholine rings is 1. The topological polar surface area (TPSA) is 41.9 Å². The molecule has 2 aromatic carbocycles. The quantitative estimate of drug-likeness (QED) is 0.542. The maximum Gasteiger partial charge on any atom is 0.142 e. The summed E-state index contributed by atoms with van der Waals surface area (Å²) in [7, 11) is 0. The number of nitrogens with zero attached hydrogens (tertiary/aromatic N) is 1. The van der Waals surface area contributed by atoms with E-state index in [2.05, 4.69) is 15.9 Å². The minimum Gasteiger partial charge on any atom is -0.490 e. The van der Waals surface area contributed by atoms with Gasteiger partial charge >= 0.3 is 0 Å². The van der Waals surface area contributed by atoms with E-state index in [1.165, 1.54) is 12.1 Å². The van der Waals surface area contributed by atoms with E-state index in [1.807, 2.05) is 29.2 Å². The lowest BCUT2D eigenvalue weighted by Gasteiger charge is -2.34. The highest BCUT2D eigenvalue weighted by atomic mass is 79.9. The monoisotopic (exact) mass is 513 g/mol. The highest BCUT2D eigenvalue weighted by Gasteiger charge is 2.26. The smallest absolute Gasteiger partial charge is 0.142 e. The number of rotatable bonds is 6. The largest absolute Gasteiger partial charge is 0.490 e. The standard InChI is InChI=1S/C19H19BrCl2FNO3.ClH/c20-14-3-1-2-4-18(14)27-11-12(25)9-24-5-6-26-19(10-24)13-7-17(23)16(22)8-15(13)21;/h1-4,7-8,12,19,25H,5-6,9-11H2;1H. The minimum absolute atomic E-state index is 0. The van der Waals surface area contributed by atoms with Gasteiger partial charge in [0.2, 0.25) is 0 Å². The molecule has 1 saturated heterocycles. The predicted molar refractivity (Wildman–Crippen MR) is 114 cm³/mol. The third-order valence-corrected chi connectivity index (χ3v) is 5.55. The number of aliphatic hydroxyl groups excluding tert-OH is 1. The molecule has 28 heavy (non-hydrogen) atoms. The van der Waals surface area contributed by atoms with E-state index < -0.39 is 11.9 Å². The van der Waals surface area contributed by atoms with Gasteiger partial charge in [0, 0.05) is 30.2 Å². The van der Waals surface area contributed by atoms with E-state index in [4.69, 9.17) is 32.7 Å². The second-order valence-electron chi connectivity index (χ2n) is 6.30. The Hall–Kier alpha value is -0.600. The van der Waals surface area contributed by atoms with Crippen LogP contribution < -0.4 is 4.74 Å². The van der Waals surface area contributed by atoms with Crippen LogP contribution in [0, 0.1) is 5.82 Å². The number of benzene rings is 2. The van der Waals surface area contributed by atoms with Crippen molar-refractivity contribution in [1.29, 1.82) is 0 Å². The molecule has 0 aromatic heterocycles. The van der Waals surface area contributed by atoms with Crippen molar-refractivity contribution < 1.29 is 19.0 Å². The van der Waals surface area contributed by atoms with Crippen molar-refractivity contribution >= 4 is 51.5 Å². The lowest BCUT2D eigenvalue weighted by atomic mass is 10.1. The molecule has 1 fully saturated rings. The average molecular weight is 516 g/mol. The fourth-order valence-corrected chi connectivity index (χ4v) is 3.84. The molecule has 3 rings (SSSR count). The van der Waals surface area contributed by atoms with Crippen molar-refractivity contribution in [3.8, 4) is 5.75 Å². The minimum atomic E-state index is -0.673. The second-order valence-corrected chi connectivity index (χ2v) is 7.97. The van der Waals surface area contributed by atoms with Crippen LogP contribution in [0.5, 0.6) is 5.75 Å². The molecule has 0 bridgehead atoms. The number of ether oxygens (including phenoxy) is 2. The normalized spacial score (nSPS) is 18.4.